The third-order valence-corrected chi connectivity index (χ3v) is 8.41. The lowest BCUT2D eigenvalue weighted by Crippen LogP contribution is -2.33. The summed E-state index contributed by atoms with van der Waals surface area (Å²) in [6.07, 6.45) is -0.749. The van der Waals surface area contributed by atoms with Gasteiger partial charge >= 0.3 is 5.69 Å². The number of aliphatic hydroxyl groups excluding tert-OH is 1. The van der Waals surface area contributed by atoms with Crippen molar-refractivity contribution in [3.8, 4) is 0 Å². The first-order valence-electron chi connectivity index (χ1n) is 8.54. The van der Waals surface area contributed by atoms with Crippen LogP contribution in [-0.4, -0.2) is 46.7 Å². The van der Waals surface area contributed by atoms with Crippen LogP contribution in [0.2, 0.25) is 0 Å². The highest BCUT2D eigenvalue weighted by Crippen LogP contribution is 2.37. The van der Waals surface area contributed by atoms with Crippen LogP contribution in [0.4, 0.5) is 0 Å². The fraction of sp³-hybridized carbons (Fsp3) is 0.412. The summed E-state index contributed by atoms with van der Waals surface area (Å²) in [5.74, 6) is 0. The monoisotopic (exact) mass is 426 g/mol. The number of hydrogen-bond donors (Lipinski definition) is 2. The van der Waals surface area contributed by atoms with E-state index < -0.39 is 62.7 Å². The van der Waals surface area contributed by atoms with Crippen molar-refractivity contribution < 1.29 is 23.0 Å². The molecule has 150 valence electrons. The highest BCUT2D eigenvalue weighted by Gasteiger charge is 2.44. The molecule has 5 atom stereocenters. The van der Waals surface area contributed by atoms with Crippen molar-refractivity contribution in [2.75, 3.05) is 6.61 Å². The minimum absolute atomic E-state index is 0.165. The average molecular weight is 426 g/mol. The number of rotatable bonds is 4. The molecule has 0 saturated carbocycles. The van der Waals surface area contributed by atoms with Gasteiger partial charge in [0.25, 0.3) is 5.56 Å². The Labute approximate surface area is 164 Å². The molecule has 2 aliphatic heterocycles. The highest BCUT2D eigenvalue weighted by molar-refractivity contribution is 8.05. The zero-order chi connectivity index (χ0) is 20.0. The molecule has 1 aromatic heterocycles. The van der Waals surface area contributed by atoms with Gasteiger partial charge in [-0.15, -0.1) is 0 Å². The second-order valence-corrected chi connectivity index (χ2v) is 9.75. The summed E-state index contributed by atoms with van der Waals surface area (Å²) in [5.41, 5.74) is -0.791. The zero-order valence-electron chi connectivity index (χ0n) is 14.8. The van der Waals surface area contributed by atoms with E-state index in [0.717, 1.165) is 0 Å². The van der Waals surface area contributed by atoms with E-state index in [4.69, 9.17) is 9.47 Å². The summed E-state index contributed by atoms with van der Waals surface area (Å²) < 4.78 is 37.1. The smallest absolute Gasteiger partial charge is 0.330 e. The van der Waals surface area contributed by atoms with Crippen LogP contribution in [0.3, 0.4) is 0 Å². The Morgan fingerprint density at radius 2 is 1.89 bits per heavy atom. The lowest BCUT2D eigenvalue weighted by Gasteiger charge is -2.19. The van der Waals surface area contributed by atoms with Crippen LogP contribution in [0.1, 0.15) is 18.2 Å². The van der Waals surface area contributed by atoms with E-state index in [-0.39, 0.29) is 6.42 Å². The van der Waals surface area contributed by atoms with E-state index in [1.165, 1.54) is 10.8 Å². The number of benzene rings is 1. The van der Waals surface area contributed by atoms with Crippen LogP contribution in [0.5, 0.6) is 0 Å². The Hall–Kier alpha value is -1.92. The molecule has 2 aromatic rings. The van der Waals surface area contributed by atoms with Crippen molar-refractivity contribution >= 4 is 21.6 Å². The quantitative estimate of drug-likeness (QED) is 0.688. The van der Waals surface area contributed by atoms with Gasteiger partial charge in [-0.2, -0.15) is 0 Å². The average Bonchev–Trinajstić information content (AvgIpc) is 3.20. The van der Waals surface area contributed by atoms with E-state index in [9.17, 15) is 23.1 Å². The number of fused-ring (bicyclic) bond motifs is 1. The topological polar surface area (TPSA) is 128 Å². The summed E-state index contributed by atoms with van der Waals surface area (Å²) in [7, 11) is -3.24. The Morgan fingerprint density at radius 1 is 1.25 bits per heavy atom. The lowest BCUT2D eigenvalue weighted by molar-refractivity contribution is -0.0589. The first kappa shape index (κ1) is 19.4. The number of aromatic nitrogens is 2. The number of hydrogen-bond acceptors (Lipinski definition) is 7. The summed E-state index contributed by atoms with van der Waals surface area (Å²) in [6.45, 7) is 1.17. The number of nitrogens with zero attached hydrogens (tertiary/aromatic N) is 1. The molecule has 4 rings (SSSR count). The fourth-order valence-corrected chi connectivity index (χ4v) is 6.90. The van der Waals surface area contributed by atoms with Gasteiger partial charge < -0.3 is 14.6 Å². The van der Waals surface area contributed by atoms with Gasteiger partial charge in [-0.25, -0.2) is 4.79 Å². The van der Waals surface area contributed by atoms with Gasteiger partial charge in [0.05, 0.1) is 44.1 Å². The first-order chi connectivity index (χ1) is 13.4. The number of aryl methyl sites for hydroxylation is 1. The van der Waals surface area contributed by atoms with Crippen molar-refractivity contribution in [2.24, 2.45) is 0 Å². The summed E-state index contributed by atoms with van der Waals surface area (Å²) in [6, 6.07) is 6.72. The minimum Gasteiger partial charge on any atom is -0.394 e. The van der Waals surface area contributed by atoms with Crippen LogP contribution in [-0.2, 0) is 31.1 Å². The predicted octanol–water partition coefficient (Wildman–Crippen LogP) is -0.277. The molecule has 0 radical (unpaired) electrons. The Kier molecular flexibility index (Phi) is 5.19. The van der Waals surface area contributed by atoms with Crippen molar-refractivity contribution in [3.05, 3.63) is 56.9 Å². The van der Waals surface area contributed by atoms with Crippen LogP contribution >= 0.6 is 0 Å². The van der Waals surface area contributed by atoms with Gasteiger partial charge in [-0.1, -0.05) is 12.1 Å². The predicted molar refractivity (Wildman–Crippen MR) is 99.6 cm³/mol. The van der Waals surface area contributed by atoms with E-state index in [1.807, 2.05) is 0 Å². The molecule has 0 bridgehead atoms. The van der Waals surface area contributed by atoms with Crippen LogP contribution in [0, 0.1) is 6.92 Å². The fourth-order valence-electron chi connectivity index (χ4n) is 3.29. The number of aromatic amines is 1. The SMILES string of the molecule is Cc1cn([C@H]2C[C@H](OC3S(=O)c4ccccc4S3=O)[C@@H](CO)O2)c(=O)[nH]c1=O. The molecule has 28 heavy (non-hydrogen) atoms. The molecule has 3 heterocycles. The molecule has 0 aliphatic carbocycles. The molecular formula is C17H18N2O7S2. The second kappa shape index (κ2) is 7.48. The lowest BCUT2D eigenvalue weighted by atomic mass is 10.2. The van der Waals surface area contributed by atoms with E-state index in [0.29, 0.717) is 15.4 Å². The molecule has 9 nitrogen and oxygen atoms in total. The molecular weight excluding hydrogens is 408 g/mol. The summed E-state index contributed by atoms with van der Waals surface area (Å²) in [4.78, 5) is 26.8. The van der Waals surface area contributed by atoms with Gasteiger partial charge in [0.2, 0.25) is 4.77 Å². The molecule has 1 saturated heterocycles. The molecule has 2 unspecified atom stereocenters. The summed E-state index contributed by atoms with van der Waals surface area (Å²) in [5, 5.41) is 9.65. The van der Waals surface area contributed by atoms with Crippen LogP contribution < -0.4 is 11.2 Å². The third-order valence-electron chi connectivity index (χ3n) is 4.73. The molecule has 2 aliphatic rings. The van der Waals surface area contributed by atoms with Crippen molar-refractivity contribution in [1.29, 1.82) is 0 Å². The third kappa shape index (κ3) is 3.22. The van der Waals surface area contributed by atoms with Crippen molar-refractivity contribution in [2.45, 2.75) is 46.3 Å². The van der Waals surface area contributed by atoms with Crippen LogP contribution in [0.15, 0.2) is 49.8 Å². The largest absolute Gasteiger partial charge is 0.394 e. The number of ether oxygens (including phenoxy) is 2. The molecule has 11 heteroatoms. The van der Waals surface area contributed by atoms with Gasteiger partial charge in [-0.3, -0.25) is 22.8 Å². The Balaban J connectivity index is 1.57. The van der Waals surface area contributed by atoms with E-state index in [2.05, 4.69) is 4.98 Å². The Bertz CT molecular complexity index is 1040. The number of aliphatic hydroxyl groups is 1. The number of H-pyrrole nitrogens is 1. The van der Waals surface area contributed by atoms with Gasteiger partial charge in [0, 0.05) is 18.2 Å². The van der Waals surface area contributed by atoms with E-state index >= 15 is 0 Å². The molecule has 0 amide bonds. The highest BCUT2D eigenvalue weighted by atomic mass is 32.2. The van der Waals surface area contributed by atoms with Crippen molar-refractivity contribution in [1.82, 2.24) is 9.55 Å². The molecule has 0 spiro atoms. The normalized spacial score (nSPS) is 31.8. The summed E-state index contributed by atoms with van der Waals surface area (Å²) >= 11 is 0. The first-order valence-corrected chi connectivity index (χ1v) is 11.0. The Morgan fingerprint density at radius 3 is 2.50 bits per heavy atom. The molecule has 2 N–H and O–H groups in total. The van der Waals surface area contributed by atoms with Crippen LogP contribution in [0.25, 0.3) is 0 Å². The maximum atomic E-state index is 12.7. The maximum Gasteiger partial charge on any atom is 0.330 e. The van der Waals surface area contributed by atoms with Gasteiger partial charge in [0.15, 0.2) is 0 Å². The zero-order valence-corrected chi connectivity index (χ0v) is 16.4. The molecule has 1 aromatic carbocycles. The van der Waals surface area contributed by atoms with E-state index in [1.54, 1.807) is 31.2 Å². The molecule has 1 fully saturated rings. The standard InChI is InChI=1S/C17H18N2O7S2/c1-9-7-19(16(22)18-15(9)21)14-6-10(11(8-20)25-14)26-17-27(23)12-4-2-3-5-13(12)28(17)24/h2-5,7,10-11,14,17,20H,6,8H2,1H3,(H,18,21,22)/t10-,11+,14+,17?,27?,28?/m0/s1. The second-order valence-electron chi connectivity index (χ2n) is 6.53. The van der Waals surface area contributed by atoms with Gasteiger partial charge in [-0.05, 0) is 19.1 Å². The number of nitrogens with one attached hydrogen (secondary N) is 1. The minimum atomic E-state index is -1.62. The van der Waals surface area contributed by atoms with Crippen molar-refractivity contribution in [3.63, 3.8) is 0 Å². The van der Waals surface area contributed by atoms with Gasteiger partial charge in [0.1, 0.15) is 12.3 Å². The maximum absolute atomic E-state index is 12.7.